The number of hydrogen-bond acceptors (Lipinski definition) is 15. The van der Waals surface area contributed by atoms with Crippen LogP contribution in [0.1, 0.15) is 11.1 Å². The van der Waals surface area contributed by atoms with Crippen LogP contribution in [0.5, 0.6) is 5.88 Å². The number of nitrogens with one attached hydrogen (secondary N) is 1. The summed E-state index contributed by atoms with van der Waals surface area (Å²) in [5.41, 5.74) is 3.30. The maximum absolute atomic E-state index is 10.8. The zero-order chi connectivity index (χ0) is 32.5. The van der Waals surface area contributed by atoms with E-state index in [2.05, 4.69) is 15.1 Å². The molecule has 0 saturated carbocycles. The molecule has 0 radical (unpaired) electrons. The van der Waals surface area contributed by atoms with Crippen molar-refractivity contribution in [3.63, 3.8) is 0 Å². The van der Waals surface area contributed by atoms with Crippen LogP contribution in [0.2, 0.25) is 0 Å². The SMILES string of the molecule is OC[C@H]1O[C@@H](O)[C@H](O)[C@H](O)C1O[C@H]1[C@H](O)[C@@H](O)C(OCCO/N=C2\C(c3c(O)[nH]c4ccccc34)=Nc3ccccc32)O[C@@H]1CO. The lowest BCUT2D eigenvalue weighted by molar-refractivity contribution is -0.343. The Bertz CT molecular complexity index is 1580. The van der Waals surface area contributed by atoms with Crippen LogP contribution in [0.15, 0.2) is 58.7 Å². The van der Waals surface area contributed by atoms with Crippen molar-refractivity contribution < 1.29 is 64.6 Å². The fourth-order valence-electron chi connectivity index (χ4n) is 5.79. The Morgan fingerprint density at radius 1 is 0.804 bits per heavy atom. The zero-order valence-corrected chi connectivity index (χ0v) is 24.2. The molecule has 2 saturated heterocycles. The lowest BCUT2D eigenvalue weighted by Crippen LogP contribution is -2.65. The van der Waals surface area contributed by atoms with Gasteiger partial charge in [0.1, 0.15) is 66.9 Å². The Morgan fingerprint density at radius 2 is 1.48 bits per heavy atom. The van der Waals surface area contributed by atoms with Crippen LogP contribution in [-0.4, -0.2) is 145 Å². The van der Waals surface area contributed by atoms with Crippen molar-refractivity contribution in [3.8, 4) is 5.88 Å². The number of hydrogen-bond donors (Lipinski definition) is 9. The maximum Gasteiger partial charge on any atom is 0.199 e. The van der Waals surface area contributed by atoms with Crippen molar-refractivity contribution >= 4 is 28.0 Å². The van der Waals surface area contributed by atoms with E-state index in [1.807, 2.05) is 48.5 Å². The van der Waals surface area contributed by atoms with Gasteiger partial charge in [0.15, 0.2) is 18.5 Å². The number of H-pyrrole nitrogens is 1. The molecule has 9 N–H and O–H groups in total. The largest absolute Gasteiger partial charge is 0.494 e. The lowest BCUT2D eigenvalue weighted by atomic mass is 9.95. The number of oxime groups is 1. The van der Waals surface area contributed by atoms with Gasteiger partial charge < -0.3 is 69.6 Å². The molecule has 0 spiro atoms. The van der Waals surface area contributed by atoms with Crippen LogP contribution < -0.4 is 0 Å². The molecule has 2 fully saturated rings. The van der Waals surface area contributed by atoms with Crippen molar-refractivity contribution in [2.75, 3.05) is 26.4 Å². The third-order valence-corrected chi connectivity index (χ3v) is 8.13. The summed E-state index contributed by atoms with van der Waals surface area (Å²) in [4.78, 5) is 13.2. The van der Waals surface area contributed by atoms with E-state index in [4.69, 9.17) is 23.8 Å². The van der Waals surface area contributed by atoms with Gasteiger partial charge in [0, 0.05) is 16.5 Å². The Hall–Kier alpha value is -3.52. The molecule has 10 atom stereocenters. The highest BCUT2D eigenvalue weighted by molar-refractivity contribution is 6.58. The number of aromatic amines is 1. The molecule has 3 aliphatic heterocycles. The first-order valence-electron chi connectivity index (χ1n) is 14.6. The standard InChI is InChI=1S/C30H35N3O13/c34-11-17-26(22(36)24(38)29(41)44-17)46-27-18(12-35)45-30(25(39)23(27)37)42-9-10-43-33-20-14-6-2-4-8-16(14)31-21(20)19-13-5-1-3-7-15(13)32-28(19)40/h1-8,17-18,22-27,29-30,32,34-41H,9-12H2/b33-20-/t17-,18-,22+,23-,24-,25-,26?,27-,29-,30?/m1/s1. The highest BCUT2D eigenvalue weighted by atomic mass is 16.7. The fraction of sp³-hybridized carbons (Fsp3) is 0.467. The van der Waals surface area contributed by atoms with Crippen molar-refractivity contribution in [2.45, 2.75) is 61.4 Å². The molecule has 3 aromatic rings. The van der Waals surface area contributed by atoms with Gasteiger partial charge in [0.05, 0.1) is 31.1 Å². The summed E-state index contributed by atoms with van der Waals surface area (Å²) in [7, 11) is 0. The Labute approximate surface area is 261 Å². The number of aliphatic hydroxyl groups excluding tert-OH is 7. The van der Waals surface area contributed by atoms with E-state index < -0.39 is 74.6 Å². The predicted octanol–water partition coefficient (Wildman–Crippen LogP) is -1.63. The number of nitrogens with zero attached hydrogens (tertiary/aromatic N) is 2. The van der Waals surface area contributed by atoms with E-state index >= 15 is 0 Å². The number of para-hydroxylation sites is 2. The summed E-state index contributed by atoms with van der Waals surface area (Å²) in [5, 5.41) is 86.9. The summed E-state index contributed by atoms with van der Waals surface area (Å²) >= 11 is 0. The molecule has 0 bridgehead atoms. The first-order valence-corrected chi connectivity index (χ1v) is 14.6. The number of aliphatic hydroxyl groups is 7. The number of ether oxygens (including phenoxy) is 4. The second kappa shape index (κ2) is 13.7. The number of aromatic hydroxyl groups is 1. The minimum atomic E-state index is -1.79. The average Bonchev–Trinajstić information content (AvgIpc) is 3.59. The summed E-state index contributed by atoms with van der Waals surface area (Å²) in [6.45, 7) is -1.71. The maximum atomic E-state index is 10.8. The molecular weight excluding hydrogens is 610 g/mol. The van der Waals surface area contributed by atoms with Gasteiger partial charge in [0.25, 0.3) is 0 Å². The molecule has 4 heterocycles. The van der Waals surface area contributed by atoms with E-state index in [0.717, 1.165) is 10.9 Å². The van der Waals surface area contributed by atoms with Gasteiger partial charge in [-0.1, -0.05) is 41.6 Å². The van der Waals surface area contributed by atoms with Gasteiger partial charge in [-0.05, 0) is 12.1 Å². The summed E-state index contributed by atoms with van der Waals surface area (Å²) < 4.78 is 21.9. The minimum absolute atomic E-state index is 0.0716. The zero-order valence-electron chi connectivity index (χ0n) is 24.2. The van der Waals surface area contributed by atoms with Gasteiger partial charge >= 0.3 is 0 Å². The molecule has 2 aromatic carbocycles. The normalized spacial score (nSPS) is 33.7. The molecule has 1 aromatic heterocycles. The van der Waals surface area contributed by atoms with Gasteiger partial charge in [0.2, 0.25) is 0 Å². The van der Waals surface area contributed by atoms with Crippen LogP contribution in [-0.2, 0) is 23.8 Å². The third kappa shape index (κ3) is 6.01. The molecule has 0 aliphatic carbocycles. The first kappa shape index (κ1) is 32.4. The highest BCUT2D eigenvalue weighted by Crippen LogP contribution is 2.36. The third-order valence-electron chi connectivity index (χ3n) is 8.13. The number of rotatable bonds is 10. The summed E-state index contributed by atoms with van der Waals surface area (Å²) in [6.07, 6.45) is -15.5. The monoisotopic (exact) mass is 645 g/mol. The van der Waals surface area contributed by atoms with E-state index in [9.17, 15) is 40.9 Å². The molecule has 0 amide bonds. The predicted molar refractivity (Wildman–Crippen MR) is 157 cm³/mol. The first-order chi connectivity index (χ1) is 22.2. The van der Waals surface area contributed by atoms with Crippen LogP contribution in [0.3, 0.4) is 0 Å². The quantitative estimate of drug-likeness (QED) is 0.0889. The van der Waals surface area contributed by atoms with Crippen molar-refractivity contribution in [2.24, 2.45) is 10.1 Å². The molecule has 3 aliphatic rings. The van der Waals surface area contributed by atoms with Crippen LogP contribution in [0.4, 0.5) is 5.69 Å². The highest BCUT2D eigenvalue weighted by Gasteiger charge is 2.51. The van der Waals surface area contributed by atoms with Gasteiger partial charge in [-0.15, -0.1) is 0 Å². The Morgan fingerprint density at radius 3 is 2.24 bits per heavy atom. The summed E-state index contributed by atoms with van der Waals surface area (Å²) in [5.74, 6) is -0.0716. The molecule has 46 heavy (non-hydrogen) atoms. The van der Waals surface area contributed by atoms with Crippen molar-refractivity contribution in [3.05, 3.63) is 59.7 Å². The van der Waals surface area contributed by atoms with E-state index in [1.165, 1.54) is 0 Å². The number of benzene rings is 2. The summed E-state index contributed by atoms with van der Waals surface area (Å²) in [6, 6.07) is 14.6. The van der Waals surface area contributed by atoms with E-state index in [0.29, 0.717) is 28.2 Å². The van der Waals surface area contributed by atoms with Crippen LogP contribution in [0, 0.1) is 0 Å². The van der Waals surface area contributed by atoms with Gasteiger partial charge in [-0.3, -0.25) is 0 Å². The lowest BCUT2D eigenvalue weighted by Gasteiger charge is -2.46. The van der Waals surface area contributed by atoms with Gasteiger partial charge in [-0.25, -0.2) is 4.99 Å². The van der Waals surface area contributed by atoms with Crippen LogP contribution >= 0.6 is 0 Å². The van der Waals surface area contributed by atoms with Crippen molar-refractivity contribution in [1.29, 1.82) is 0 Å². The second-order valence-electron chi connectivity index (χ2n) is 11.0. The topological polar surface area (TPSA) is 248 Å². The number of fused-ring (bicyclic) bond motifs is 2. The molecule has 16 heteroatoms. The molecule has 248 valence electrons. The number of aromatic nitrogens is 1. The van der Waals surface area contributed by atoms with E-state index in [-0.39, 0.29) is 19.1 Å². The molecule has 16 nitrogen and oxygen atoms in total. The molecular formula is C30H35N3O13. The fourth-order valence-corrected chi connectivity index (χ4v) is 5.79. The average molecular weight is 646 g/mol. The Balaban J connectivity index is 1.10. The van der Waals surface area contributed by atoms with Crippen LogP contribution in [0.25, 0.3) is 10.9 Å². The van der Waals surface area contributed by atoms with Gasteiger partial charge in [-0.2, -0.15) is 0 Å². The number of aliphatic imine (C=N–C) groups is 1. The van der Waals surface area contributed by atoms with Crippen molar-refractivity contribution in [1.82, 2.24) is 4.98 Å². The molecule has 6 rings (SSSR count). The Kier molecular flexibility index (Phi) is 9.64. The second-order valence-corrected chi connectivity index (χ2v) is 11.0. The minimum Gasteiger partial charge on any atom is -0.494 e. The molecule has 2 unspecified atom stereocenters. The smallest absolute Gasteiger partial charge is 0.199 e. The van der Waals surface area contributed by atoms with E-state index in [1.54, 1.807) is 0 Å².